The topological polar surface area (TPSA) is 88.1 Å². The lowest BCUT2D eigenvalue weighted by molar-refractivity contribution is -0.275. The van der Waals surface area contributed by atoms with E-state index in [0.29, 0.717) is 0 Å². The highest BCUT2D eigenvalue weighted by Crippen LogP contribution is 2.41. The van der Waals surface area contributed by atoms with Gasteiger partial charge in [-0.05, 0) is 35.9 Å². The SMILES string of the molecule is C=CCN(C)CC1OC(c2ccc(CNS(=O)(=O)c3ccccc3)cc2)OC(c2ccc(CO)cc2)C1C. The lowest BCUT2D eigenvalue weighted by Crippen LogP contribution is -2.43. The van der Waals surface area contributed by atoms with Crippen molar-refractivity contribution in [2.45, 2.75) is 43.5 Å². The molecule has 7 nitrogen and oxygen atoms in total. The predicted octanol–water partition coefficient (Wildman–Crippen LogP) is 4.57. The lowest BCUT2D eigenvalue weighted by Gasteiger charge is -2.42. The van der Waals surface area contributed by atoms with Gasteiger partial charge in [0, 0.05) is 31.1 Å². The number of aliphatic hydroxyl groups excluding tert-OH is 1. The van der Waals surface area contributed by atoms with Gasteiger partial charge in [-0.15, -0.1) is 6.58 Å². The number of benzene rings is 3. The Bertz CT molecular complexity index is 1280. The molecule has 3 aromatic rings. The Labute approximate surface area is 225 Å². The summed E-state index contributed by atoms with van der Waals surface area (Å²) in [5.74, 6) is 0.0881. The van der Waals surface area contributed by atoms with Crippen LogP contribution in [-0.4, -0.2) is 44.7 Å². The summed E-state index contributed by atoms with van der Waals surface area (Å²) in [7, 11) is -1.55. The minimum atomic E-state index is -3.59. The van der Waals surface area contributed by atoms with Crippen molar-refractivity contribution >= 4 is 10.0 Å². The zero-order valence-electron chi connectivity index (χ0n) is 21.9. The molecule has 0 aliphatic carbocycles. The van der Waals surface area contributed by atoms with Crippen molar-refractivity contribution < 1.29 is 23.0 Å². The van der Waals surface area contributed by atoms with Crippen molar-refractivity contribution in [1.82, 2.24) is 9.62 Å². The molecule has 1 heterocycles. The summed E-state index contributed by atoms with van der Waals surface area (Å²) >= 11 is 0. The summed E-state index contributed by atoms with van der Waals surface area (Å²) in [6.45, 7) is 7.62. The van der Waals surface area contributed by atoms with Gasteiger partial charge in [0.2, 0.25) is 10.0 Å². The molecular weight excluding hydrogens is 500 g/mol. The smallest absolute Gasteiger partial charge is 0.240 e. The van der Waals surface area contributed by atoms with Crippen LogP contribution in [0.15, 0.2) is 96.4 Å². The summed E-state index contributed by atoms with van der Waals surface area (Å²) in [5, 5.41) is 9.43. The molecule has 4 rings (SSSR count). The molecule has 0 saturated carbocycles. The average molecular weight is 537 g/mol. The number of likely N-dealkylation sites (N-methyl/N-ethyl adjacent to an activating group) is 1. The van der Waals surface area contributed by atoms with Crippen LogP contribution in [-0.2, 0) is 32.6 Å². The van der Waals surface area contributed by atoms with Gasteiger partial charge in [0.25, 0.3) is 0 Å². The molecule has 1 saturated heterocycles. The van der Waals surface area contributed by atoms with E-state index < -0.39 is 16.3 Å². The number of hydrogen-bond donors (Lipinski definition) is 2. The van der Waals surface area contributed by atoms with Crippen LogP contribution in [0.5, 0.6) is 0 Å². The second-order valence-electron chi connectivity index (χ2n) is 9.71. The first-order valence-electron chi connectivity index (χ1n) is 12.7. The van der Waals surface area contributed by atoms with Crippen molar-refractivity contribution in [3.8, 4) is 0 Å². The molecule has 1 fully saturated rings. The van der Waals surface area contributed by atoms with Crippen molar-refractivity contribution in [2.24, 2.45) is 5.92 Å². The first kappa shape index (κ1) is 28.2. The minimum absolute atomic E-state index is 0.00405. The van der Waals surface area contributed by atoms with Crippen LogP contribution >= 0.6 is 0 Å². The van der Waals surface area contributed by atoms with Gasteiger partial charge in [-0.3, -0.25) is 0 Å². The fraction of sp³-hybridized carbons (Fsp3) is 0.333. The molecular formula is C30H36N2O5S. The molecule has 2 N–H and O–H groups in total. The number of ether oxygens (including phenoxy) is 2. The summed E-state index contributed by atoms with van der Waals surface area (Å²) in [6.07, 6.45) is 1.02. The number of sulfonamides is 1. The standard InChI is InChI=1S/C30H36N2O5S/c1-4-18-32(3)20-28-22(2)29(25-14-12-24(21-33)13-15-25)37-30(36-28)26-16-10-23(11-17-26)19-31-38(34,35)27-8-6-5-7-9-27/h4-17,22,28-31,33H,1,18-21H2,2-3H3. The van der Waals surface area contributed by atoms with Crippen molar-refractivity contribution in [3.05, 3.63) is 114 Å². The maximum Gasteiger partial charge on any atom is 0.240 e. The number of aliphatic hydroxyl groups is 1. The molecule has 0 radical (unpaired) electrons. The van der Waals surface area contributed by atoms with Crippen LogP contribution < -0.4 is 4.72 Å². The summed E-state index contributed by atoms with van der Waals surface area (Å²) in [4.78, 5) is 2.41. The molecule has 4 unspecified atom stereocenters. The van der Waals surface area contributed by atoms with Gasteiger partial charge in [0.05, 0.1) is 23.7 Å². The van der Waals surface area contributed by atoms with Crippen molar-refractivity contribution in [3.63, 3.8) is 0 Å². The highest BCUT2D eigenvalue weighted by molar-refractivity contribution is 7.89. The third kappa shape index (κ3) is 6.96. The molecule has 4 atom stereocenters. The van der Waals surface area contributed by atoms with Crippen molar-refractivity contribution in [1.29, 1.82) is 0 Å². The Morgan fingerprint density at radius 3 is 2.21 bits per heavy atom. The Kier molecular flexibility index (Phi) is 9.49. The van der Waals surface area contributed by atoms with E-state index in [0.717, 1.165) is 35.3 Å². The summed E-state index contributed by atoms with van der Waals surface area (Å²) < 4.78 is 40.7. The third-order valence-electron chi connectivity index (χ3n) is 6.83. The molecule has 0 amide bonds. The van der Waals surface area contributed by atoms with Crippen LogP contribution in [0.1, 0.15) is 41.6 Å². The fourth-order valence-corrected chi connectivity index (χ4v) is 5.62. The first-order chi connectivity index (χ1) is 18.3. The van der Waals surface area contributed by atoms with E-state index in [1.165, 1.54) is 0 Å². The zero-order chi connectivity index (χ0) is 27.1. The number of hydrogen-bond acceptors (Lipinski definition) is 6. The number of nitrogens with one attached hydrogen (secondary N) is 1. The van der Waals surface area contributed by atoms with E-state index in [1.54, 1.807) is 30.3 Å². The van der Waals surface area contributed by atoms with E-state index in [-0.39, 0.29) is 36.2 Å². The quantitative estimate of drug-likeness (QED) is 0.349. The van der Waals surface area contributed by atoms with Gasteiger partial charge in [-0.25, -0.2) is 13.1 Å². The van der Waals surface area contributed by atoms with E-state index in [4.69, 9.17) is 9.47 Å². The van der Waals surface area contributed by atoms with Gasteiger partial charge in [0.1, 0.15) is 0 Å². The lowest BCUT2D eigenvalue weighted by atomic mass is 9.90. The molecule has 0 spiro atoms. The second-order valence-corrected chi connectivity index (χ2v) is 11.5. The molecule has 0 bridgehead atoms. The van der Waals surface area contributed by atoms with Gasteiger partial charge < -0.3 is 19.5 Å². The monoisotopic (exact) mass is 536 g/mol. The Balaban J connectivity index is 1.50. The zero-order valence-corrected chi connectivity index (χ0v) is 22.7. The van der Waals surface area contributed by atoms with Gasteiger partial charge in [0.15, 0.2) is 6.29 Å². The summed E-state index contributed by atoms with van der Waals surface area (Å²) in [5.41, 5.74) is 3.58. The molecule has 8 heteroatoms. The highest BCUT2D eigenvalue weighted by atomic mass is 32.2. The van der Waals surface area contributed by atoms with E-state index in [9.17, 15) is 13.5 Å². The largest absolute Gasteiger partial charge is 0.392 e. The van der Waals surface area contributed by atoms with Crippen LogP contribution in [0.2, 0.25) is 0 Å². The maximum absolute atomic E-state index is 12.6. The molecule has 38 heavy (non-hydrogen) atoms. The molecule has 3 aromatic carbocycles. The van der Waals surface area contributed by atoms with Crippen LogP contribution in [0, 0.1) is 5.92 Å². The second kappa shape index (κ2) is 12.8. The molecule has 0 aromatic heterocycles. The van der Waals surface area contributed by atoms with Crippen LogP contribution in [0.4, 0.5) is 0 Å². The van der Waals surface area contributed by atoms with Crippen LogP contribution in [0.3, 0.4) is 0 Å². The van der Waals surface area contributed by atoms with Crippen LogP contribution in [0.25, 0.3) is 0 Å². The van der Waals surface area contributed by atoms with E-state index >= 15 is 0 Å². The van der Waals surface area contributed by atoms with E-state index in [1.807, 2.05) is 61.7 Å². The fourth-order valence-electron chi connectivity index (χ4n) is 4.58. The predicted molar refractivity (Wildman–Crippen MR) is 148 cm³/mol. The van der Waals surface area contributed by atoms with Crippen molar-refractivity contribution in [2.75, 3.05) is 20.1 Å². The minimum Gasteiger partial charge on any atom is -0.392 e. The normalized spacial score (nSPS) is 21.9. The van der Waals surface area contributed by atoms with Gasteiger partial charge in [-0.2, -0.15) is 0 Å². The Hall–Kier alpha value is -2.85. The number of nitrogens with zero attached hydrogens (tertiary/aromatic N) is 1. The highest BCUT2D eigenvalue weighted by Gasteiger charge is 2.38. The average Bonchev–Trinajstić information content (AvgIpc) is 2.94. The van der Waals surface area contributed by atoms with E-state index in [2.05, 4.69) is 23.1 Å². The number of rotatable bonds is 11. The summed E-state index contributed by atoms with van der Waals surface area (Å²) in [6, 6.07) is 23.8. The Morgan fingerprint density at radius 2 is 1.58 bits per heavy atom. The van der Waals surface area contributed by atoms with Gasteiger partial charge >= 0.3 is 0 Å². The Morgan fingerprint density at radius 1 is 0.947 bits per heavy atom. The first-order valence-corrected chi connectivity index (χ1v) is 14.2. The molecule has 1 aliphatic rings. The maximum atomic E-state index is 12.6. The van der Waals surface area contributed by atoms with Gasteiger partial charge in [-0.1, -0.05) is 79.7 Å². The molecule has 202 valence electrons. The molecule has 1 aliphatic heterocycles. The third-order valence-corrected chi connectivity index (χ3v) is 8.24.